The highest BCUT2D eigenvalue weighted by atomic mass is 31.2. The molecule has 9 heteroatoms. The fraction of sp³-hybridized carbons (Fsp3) is 0.831. The number of rotatable bonds is 58. The van der Waals surface area contributed by atoms with Gasteiger partial charge in [-0.1, -0.05) is 280 Å². The molecule has 434 valence electrons. The summed E-state index contributed by atoms with van der Waals surface area (Å²) >= 11 is 0. The number of likely N-dealkylation sites (N-methyl/N-ethyl adjacent to an activating group) is 1. The Hall–Kier alpha value is -1.80. The van der Waals surface area contributed by atoms with E-state index in [2.05, 4.69) is 67.8 Å². The lowest BCUT2D eigenvalue weighted by molar-refractivity contribution is -0.870. The molecule has 0 rings (SSSR count). The second-order valence-electron chi connectivity index (χ2n) is 22.8. The van der Waals surface area contributed by atoms with Crippen LogP contribution >= 0.6 is 7.82 Å². The highest BCUT2D eigenvalue weighted by Gasteiger charge is 2.27. The molecule has 74 heavy (non-hydrogen) atoms. The van der Waals surface area contributed by atoms with Gasteiger partial charge in [0.05, 0.1) is 39.9 Å². The molecule has 0 aliphatic rings. The van der Waals surface area contributed by atoms with Crippen LogP contribution < -0.4 is 5.32 Å². The predicted molar refractivity (Wildman–Crippen MR) is 323 cm³/mol. The van der Waals surface area contributed by atoms with Crippen molar-refractivity contribution in [2.75, 3.05) is 40.9 Å². The summed E-state index contributed by atoms with van der Waals surface area (Å²) in [4.78, 5) is 23.2. The third-order valence-electron chi connectivity index (χ3n) is 14.2. The Morgan fingerprint density at radius 1 is 0.459 bits per heavy atom. The Labute approximate surface area is 460 Å². The Morgan fingerprint density at radius 2 is 0.811 bits per heavy atom. The molecule has 0 aliphatic heterocycles. The van der Waals surface area contributed by atoms with Gasteiger partial charge in [-0.3, -0.25) is 13.8 Å². The molecule has 0 heterocycles. The van der Waals surface area contributed by atoms with E-state index < -0.39 is 20.0 Å². The third-order valence-corrected chi connectivity index (χ3v) is 15.2. The number of carbonyl (C=O) groups excluding carboxylic acids is 1. The van der Waals surface area contributed by atoms with Gasteiger partial charge in [-0.05, 0) is 70.6 Å². The van der Waals surface area contributed by atoms with Crippen LogP contribution in [0, 0.1) is 0 Å². The van der Waals surface area contributed by atoms with Gasteiger partial charge in [0.15, 0.2) is 0 Å². The van der Waals surface area contributed by atoms with Crippen molar-refractivity contribution in [2.45, 2.75) is 309 Å². The summed E-state index contributed by atoms with van der Waals surface area (Å²) in [7, 11) is 1.55. The van der Waals surface area contributed by atoms with Gasteiger partial charge in [0, 0.05) is 6.42 Å². The smallest absolute Gasteiger partial charge is 0.387 e. The van der Waals surface area contributed by atoms with E-state index >= 15 is 0 Å². The van der Waals surface area contributed by atoms with Crippen molar-refractivity contribution in [3.05, 3.63) is 60.8 Å². The third kappa shape index (κ3) is 57.9. The molecule has 3 atom stereocenters. The molecule has 0 aromatic rings. The molecule has 0 aromatic heterocycles. The molecule has 0 spiro atoms. The maximum atomic E-state index is 12.9. The Morgan fingerprint density at radius 3 is 1.20 bits per heavy atom. The number of allylic oxidation sites excluding steroid dienone is 9. The highest BCUT2D eigenvalue weighted by molar-refractivity contribution is 7.47. The fourth-order valence-corrected chi connectivity index (χ4v) is 9.97. The van der Waals surface area contributed by atoms with Gasteiger partial charge in [-0.2, -0.15) is 0 Å². The lowest BCUT2D eigenvalue weighted by Gasteiger charge is -2.25. The monoisotopic (exact) mass is 1060 g/mol. The van der Waals surface area contributed by atoms with Crippen LogP contribution in [0.4, 0.5) is 0 Å². The Kier molecular flexibility index (Phi) is 54.6. The summed E-state index contributed by atoms with van der Waals surface area (Å²) in [5, 5.41) is 13.8. The van der Waals surface area contributed by atoms with E-state index in [9.17, 15) is 19.4 Å². The summed E-state index contributed by atoms with van der Waals surface area (Å²) in [5.41, 5.74) is 0. The molecule has 8 nitrogen and oxygen atoms in total. The van der Waals surface area contributed by atoms with Crippen LogP contribution in [0.2, 0.25) is 0 Å². The van der Waals surface area contributed by atoms with Crippen molar-refractivity contribution < 1.29 is 32.9 Å². The van der Waals surface area contributed by atoms with Gasteiger partial charge in [0.1, 0.15) is 13.2 Å². The number of carbonyl (C=O) groups is 1. The number of amides is 1. The summed E-state index contributed by atoms with van der Waals surface area (Å²) in [6.45, 7) is 4.71. The number of aliphatic hydroxyl groups is 1. The van der Waals surface area contributed by atoms with Crippen molar-refractivity contribution in [1.29, 1.82) is 0 Å². The Bertz CT molecular complexity index is 1390. The lowest BCUT2D eigenvalue weighted by atomic mass is 10.0. The van der Waals surface area contributed by atoms with Crippen LogP contribution in [-0.4, -0.2) is 73.4 Å². The Balaban J connectivity index is 3.81. The van der Waals surface area contributed by atoms with Gasteiger partial charge in [0.25, 0.3) is 0 Å². The number of phosphoric ester groups is 1. The predicted octanol–water partition coefficient (Wildman–Crippen LogP) is 19.7. The molecule has 0 saturated heterocycles. The van der Waals surface area contributed by atoms with Crippen molar-refractivity contribution in [1.82, 2.24) is 5.32 Å². The largest absolute Gasteiger partial charge is 0.472 e. The summed E-state index contributed by atoms with van der Waals surface area (Å²) < 4.78 is 23.6. The number of aliphatic hydroxyl groups excluding tert-OH is 1. The normalized spacial score (nSPS) is 14.2. The van der Waals surface area contributed by atoms with E-state index in [1.165, 1.54) is 218 Å². The highest BCUT2D eigenvalue weighted by Crippen LogP contribution is 2.43. The SMILES string of the molecule is CCC/C=C/CC/C=C/CC/C=C/C(O)C(COP(=O)(O)OCC[N+](C)(C)C)NC(=O)CCCCCCCCCCCCCCCCCCCCCCCCCCCCCCC/C=C\C/C=C\CCCCCCC. The number of hydrogen-bond donors (Lipinski definition) is 3. The number of phosphoric acid groups is 1. The van der Waals surface area contributed by atoms with E-state index in [-0.39, 0.29) is 19.1 Å². The van der Waals surface area contributed by atoms with Crippen LogP contribution in [0.15, 0.2) is 60.8 Å². The standard InChI is InChI=1S/C65H123N2O6P/c1-6-8-10-12-14-16-18-19-20-21-22-23-24-25-26-27-28-29-30-31-32-33-34-35-36-37-38-39-40-41-42-43-44-45-46-47-49-51-53-55-57-59-65(69)66-63(62-73-74(70,71)72-61-60-67(3,4)5)64(68)58-56-54-52-50-48-17-15-13-11-9-7-2/h11,13,18-19,21-22,48,50,56,58,63-64,68H,6-10,12,14-17,20,23-47,49,51-55,57,59-62H2,1-5H3,(H-,66,69,70,71)/p+1/b13-11+,19-18-,22-21-,50-48+,58-56+. The van der Waals surface area contributed by atoms with Crippen molar-refractivity contribution >= 4 is 13.7 Å². The second-order valence-corrected chi connectivity index (χ2v) is 24.2. The van der Waals surface area contributed by atoms with Crippen molar-refractivity contribution in [3.8, 4) is 0 Å². The zero-order valence-electron chi connectivity index (χ0n) is 49.6. The molecular formula is C65H124N2O6P+. The minimum absolute atomic E-state index is 0.0535. The molecule has 1 amide bonds. The van der Waals surface area contributed by atoms with E-state index in [1.54, 1.807) is 6.08 Å². The van der Waals surface area contributed by atoms with Crippen molar-refractivity contribution in [2.24, 2.45) is 0 Å². The number of nitrogens with zero attached hydrogens (tertiary/aromatic N) is 1. The first kappa shape index (κ1) is 72.2. The lowest BCUT2D eigenvalue weighted by Crippen LogP contribution is -2.45. The second kappa shape index (κ2) is 55.9. The summed E-state index contributed by atoms with van der Waals surface area (Å²) in [5.74, 6) is -0.189. The number of hydrogen-bond acceptors (Lipinski definition) is 5. The first-order valence-electron chi connectivity index (χ1n) is 31.7. The van der Waals surface area contributed by atoms with Gasteiger partial charge in [0.2, 0.25) is 5.91 Å². The van der Waals surface area contributed by atoms with Crippen LogP contribution in [0.25, 0.3) is 0 Å². The number of unbranched alkanes of at least 4 members (excludes halogenated alkanes) is 37. The van der Waals surface area contributed by atoms with Gasteiger partial charge in [-0.15, -0.1) is 0 Å². The minimum atomic E-state index is -4.35. The van der Waals surface area contributed by atoms with E-state index in [0.717, 1.165) is 57.8 Å². The zero-order valence-corrected chi connectivity index (χ0v) is 50.5. The molecule has 3 unspecified atom stereocenters. The topological polar surface area (TPSA) is 105 Å². The quantitative estimate of drug-likeness (QED) is 0.0243. The molecule has 0 bridgehead atoms. The first-order valence-corrected chi connectivity index (χ1v) is 33.2. The van der Waals surface area contributed by atoms with Gasteiger partial charge in [-0.25, -0.2) is 4.57 Å². The maximum absolute atomic E-state index is 12.9. The molecule has 0 radical (unpaired) electrons. The number of quaternary nitrogens is 1. The molecule has 0 fully saturated rings. The average Bonchev–Trinajstić information content (AvgIpc) is 3.36. The van der Waals surface area contributed by atoms with Crippen LogP contribution in [0.1, 0.15) is 296 Å². The molecular weight excluding hydrogens is 936 g/mol. The van der Waals surface area contributed by atoms with Crippen molar-refractivity contribution in [3.63, 3.8) is 0 Å². The average molecular weight is 1060 g/mol. The maximum Gasteiger partial charge on any atom is 0.472 e. The van der Waals surface area contributed by atoms with E-state index in [4.69, 9.17) is 9.05 Å². The van der Waals surface area contributed by atoms with Crippen LogP contribution in [0.5, 0.6) is 0 Å². The molecule has 3 N–H and O–H groups in total. The minimum Gasteiger partial charge on any atom is -0.387 e. The van der Waals surface area contributed by atoms with E-state index in [0.29, 0.717) is 17.4 Å². The molecule has 0 aromatic carbocycles. The first-order chi connectivity index (χ1) is 36.0. The summed E-state index contributed by atoms with van der Waals surface area (Å²) in [6, 6.07) is -0.868. The van der Waals surface area contributed by atoms with Gasteiger partial charge >= 0.3 is 7.82 Å². The van der Waals surface area contributed by atoms with Crippen LogP contribution in [-0.2, 0) is 18.4 Å². The van der Waals surface area contributed by atoms with Crippen LogP contribution in [0.3, 0.4) is 0 Å². The number of nitrogens with one attached hydrogen (secondary N) is 1. The van der Waals surface area contributed by atoms with E-state index in [1.807, 2.05) is 27.2 Å². The summed E-state index contributed by atoms with van der Waals surface area (Å²) in [6.07, 6.45) is 76.8. The zero-order chi connectivity index (χ0) is 54.2. The molecule has 0 saturated carbocycles. The van der Waals surface area contributed by atoms with Gasteiger partial charge < -0.3 is 19.8 Å². The fourth-order valence-electron chi connectivity index (χ4n) is 9.23. The molecule has 0 aliphatic carbocycles.